The molecular weight excluding hydrogens is 1430 g/mol. The number of fused-ring (bicyclic) bond motifs is 12. The van der Waals surface area contributed by atoms with Crippen molar-refractivity contribution in [1.29, 1.82) is 0 Å². The molecule has 0 saturated carbocycles. The molecule has 6 aromatic heterocycles. The highest BCUT2D eigenvalue weighted by molar-refractivity contribution is 7.27. The van der Waals surface area contributed by atoms with E-state index < -0.39 is 0 Å². The van der Waals surface area contributed by atoms with Crippen molar-refractivity contribution in [3.8, 4) is 135 Å². The van der Waals surface area contributed by atoms with Crippen LogP contribution in [0.4, 0.5) is 0 Å². The van der Waals surface area contributed by atoms with Crippen molar-refractivity contribution in [2.75, 3.05) is 0 Å². The Bertz CT molecular complexity index is 7080. The first kappa shape index (κ1) is 66.7. The SMILES string of the molecule is c1ccc(-c2ccc(-c3cc(-c4cc(-c5ccc6sc7ccccc7c6c5)cc(-c5ccc6sc7ccccc7c6c5)c4)nc(-c4ccccc4)n3)cc2)cc1.c1ccc(-c2ccc(-c3cc(-c4cc(-c5cccc6sc7ccccc7c56)cc(-c5cccc6sc7ccccc7c56)c4)nc(-c4ccccc4)n3)cc2)cc1. The van der Waals surface area contributed by atoms with Crippen LogP contribution in [0.2, 0.25) is 0 Å². The molecule has 0 spiro atoms. The predicted molar refractivity (Wildman–Crippen MR) is 481 cm³/mol. The number of benzene rings is 16. The Morgan fingerprint density at radius 1 is 0.143 bits per heavy atom. The lowest BCUT2D eigenvalue weighted by Crippen LogP contribution is -1.97. The lowest BCUT2D eigenvalue weighted by Gasteiger charge is -2.15. The number of nitrogens with zero attached hydrogens (tertiary/aromatic N) is 4. The van der Waals surface area contributed by atoms with Crippen molar-refractivity contribution < 1.29 is 0 Å². The fraction of sp³-hybridized carbons (Fsp3) is 0. The van der Waals surface area contributed by atoms with Crippen LogP contribution >= 0.6 is 45.3 Å². The van der Waals surface area contributed by atoms with E-state index in [-0.39, 0.29) is 0 Å². The molecular formula is C104H64N4S4. The average Bonchev–Trinajstić information content (AvgIpc) is 1.51. The summed E-state index contributed by atoms with van der Waals surface area (Å²) >= 11 is 7.41. The van der Waals surface area contributed by atoms with Crippen LogP contribution in [0.25, 0.3) is 215 Å². The first-order chi connectivity index (χ1) is 55.4. The molecule has 0 unspecified atom stereocenters. The topological polar surface area (TPSA) is 51.6 Å². The van der Waals surface area contributed by atoms with Gasteiger partial charge in [0.05, 0.1) is 22.8 Å². The van der Waals surface area contributed by atoms with Crippen LogP contribution < -0.4 is 0 Å². The summed E-state index contributed by atoms with van der Waals surface area (Å²) in [6.07, 6.45) is 0. The van der Waals surface area contributed by atoms with E-state index >= 15 is 0 Å². The summed E-state index contributed by atoms with van der Waals surface area (Å²) in [5.74, 6) is 1.41. The van der Waals surface area contributed by atoms with Crippen LogP contribution in [0.15, 0.2) is 388 Å². The van der Waals surface area contributed by atoms with Gasteiger partial charge in [0.25, 0.3) is 0 Å². The molecule has 0 fully saturated rings. The van der Waals surface area contributed by atoms with Gasteiger partial charge >= 0.3 is 0 Å². The van der Waals surface area contributed by atoms with Gasteiger partial charge in [0.15, 0.2) is 11.6 Å². The molecule has 112 heavy (non-hydrogen) atoms. The molecule has 4 nitrogen and oxygen atoms in total. The van der Waals surface area contributed by atoms with Crippen molar-refractivity contribution in [3.63, 3.8) is 0 Å². The van der Waals surface area contributed by atoms with Crippen LogP contribution in [-0.2, 0) is 0 Å². The van der Waals surface area contributed by atoms with Crippen LogP contribution in [0, 0.1) is 0 Å². The summed E-state index contributed by atoms with van der Waals surface area (Å²) in [7, 11) is 0. The van der Waals surface area contributed by atoms with E-state index in [1.54, 1.807) is 0 Å². The van der Waals surface area contributed by atoms with E-state index in [2.05, 4.69) is 364 Å². The van der Waals surface area contributed by atoms with E-state index in [0.29, 0.717) is 11.6 Å². The number of hydrogen-bond acceptors (Lipinski definition) is 8. The molecule has 22 rings (SSSR count). The zero-order chi connectivity index (χ0) is 74.0. The summed E-state index contributed by atoms with van der Waals surface area (Å²) in [6.45, 7) is 0. The molecule has 8 heteroatoms. The zero-order valence-electron chi connectivity index (χ0n) is 60.4. The van der Waals surface area contributed by atoms with Crippen molar-refractivity contribution in [1.82, 2.24) is 19.9 Å². The molecule has 0 aliphatic carbocycles. The summed E-state index contributed by atoms with van der Waals surface area (Å²) in [5.41, 5.74) is 23.9. The molecule has 0 aliphatic rings. The van der Waals surface area contributed by atoms with Crippen molar-refractivity contribution in [3.05, 3.63) is 388 Å². The number of hydrogen-bond donors (Lipinski definition) is 0. The van der Waals surface area contributed by atoms with Gasteiger partial charge in [-0.15, -0.1) is 45.3 Å². The minimum Gasteiger partial charge on any atom is -0.228 e. The molecule has 16 aromatic carbocycles. The van der Waals surface area contributed by atoms with Crippen molar-refractivity contribution >= 4 is 126 Å². The van der Waals surface area contributed by atoms with Crippen LogP contribution in [0.1, 0.15) is 0 Å². The highest BCUT2D eigenvalue weighted by Gasteiger charge is 2.21. The normalized spacial score (nSPS) is 11.6. The summed E-state index contributed by atoms with van der Waals surface area (Å²) in [5, 5.41) is 10.3. The van der Waals surface area contributed by atoms with E-state index in [1.165, 1.54) is 125 Å². The fourth-order valence-electron chi connectivity index (χ4n) is 15.9. The quantitative estimate of drug-likeness (QED) is 0.122. The Hall–Kier alpha value is -13.4. The second kappa shape index (κ2) is 28.5. The Kier molecular flexibility index (Phi) is 17.0. The van der Waals surface area contributed by atoms with Gasteiger partial charge in [0.2, 0.25) is 0 Å². The summed E-state index contributed by atoms with van der Waals surface area (Å²) in [6, 6.07) is 140. The minimum atomic E-state index is 0.703. The molecule has 0 aliphatic heterocycles. The Morgan fingerprint density at radius 3 is 0.812 bits per heavy atom. The van der Waals surface area contributed by atoms with Gasteiger partial charge < -0.3 is 0 Å². The fourth-order valence-corrected chi connectivity index (χ4v) is 20.3. The molecule has 524 valence electrons. The molecule has 22 aromatic rings. The highest BCUT2D eigenvalue weighted by Crippen LogP contribution is 2.47. The molecule has 0 atom stereocenters. The predicted octanol–water partition coefficient (Wildman–Crippen LogP) is 30.4. The van der Waals surface area contributed by atoms with Crippen LogP contribution in [0.5, 0.6) is 0 Å². The van der Waals surface area contributed by atoms with Crippen molar-refractivity contribution in [2.24, 2.45) is 0 Å². The van der Waals surface area contributed by atoms with Gasteiger partial charge in [0, 0.05) is 114 Å². The first-order valence-electron chi connectivity index (χ1n) is 37.6. The van der Waals surface area contributed by atoms with Gasteiger partial charge in [0.1, 0.15) is 0 Å². The maximum absolute atomic E-state index is 5.33. The van der Waals surface area contributed by atoms with Gasteiger partial charge in [-0.3, -0.25) is 0 Å². The van der Waals surface area contributed by atoms with E-state index in [4.69, 9.17) is 19.9 Å². The molecule has 0 bridgehead atoms. The number of rotatable bonds is 12. The second-order valence-corrected chi connectivity index (χ2v) is 32.6. The Labute approximate surface area is 663 Å². The maximum atomic E-state index is 5.33. The van der Waals surface area contributed by atoms with Gasteiger partial charge in [-0.2, -0.15) is 0 Å². The Balaban J connectivity index is 0.000000141. The maximum Gasteiger partial charge on any atom is 0.160 e. The van der Waals surface area contributed by atoms with Gasteiger partial charge in [-0.25, -0.2) is 19.9 Å². The average molecular weight is 1500 g/mol. The summed E-state index contributed by atoms with van der Waals surface area (Å²) in [4.78, 5) is 21.0. The molecule has 0 radical (unpaired) electrons. The van der Waals surface area contributed by atoms with Gasteiger partial charge in [-0.05, 0) is 176 Å². The summed E-state index contributed by atoms with van der Waals surface area (Å²) < 4.78 is 10.4. The number of thiophene rings is 4. The smallest absolute Gasteiger partial charge is 0.160 e. The molecule has 0 amide bonds. The lowest BCUT2D eigenvalue weighted by atomic mass is 9.91. The third-order valence-electron chi connectivity index (χ3n) is 21.4. The number of aromatic nitrogens is 4. The van der Waals surface area contributed by atoms with E-state index in [0.717, 1.165) is 78.4 Å². The largest absolute Gasteiger partial charge is 0.228 e. The standard InChI is InChI=1S/2C52H32N2S2/c1-3-13-33(14-4-1)34-25-27-35(28-26-34)44-32-45(54-52(53-44)36-15-5-2-6-16-36)39-30-37(40-19-11-23-48-50(40)42-17-7-9-21-46(42)55-48)29-38(31-39)41-20-12-24-49-51(41)43-18-8-10-22-47(43)56-49;1-3-11-33(12-4-1)34-19-21-35(22-20-34)46-32-47(54-52(53-46)36-13-5-2-6-14-36)41-28-39(37-23-25-50-44(30-37)42-15-7-9-17-48(42)55-50)27-40(29-41)38-24-26-51-45(31-38)43-16-8-10-18-49(43)56-51/h2*1-32H. The Morgan fingerprint density at radius 2 is 0.411 bits per heavy atom. The van der Waals surface area contributed by atoms with Crippen LogP contribution in [-0.4, -0.2) is 19.9 Å². The molecule has 6 heterocycles. The third kappa shape index (κ3) is 12.6. The molecule has 0 saturated heterocycles. The first-order valence-corrected chi connectivity index (χ1v) is 40.9. The van der Waals surface area contributed by atoms with Gasteiger partial charge in [-0.1, -0.05) is 279 Å². The zero-order valence-corrected chi connectivity index (χ0v) is 63.6. The van der Waals surface area contributed by atoms with Crippen molar-refractivity contribution in [2.45, 2.75) is 0 Å². The highest BCUT2D eigenvalue weighted by atomic mass is 32.1. The van der Waals surface area contributed by atoms with E-state index in [1.807, 2.05) is 69.6 Å². The third-order valence-corrected chi connectivity index (χ3v) is 26.0. The van der Waals surface area contributed by atoms with Crippen LogP contribution in [0.3, 0.4) is 0 Å². The molecule has 0 N–H and O–H groups in total. The minimum absolute atomic E-state index is 0.703. The lowest BCUT2D eigenvalue weighted by molar-refractivity contribution is 1.18. The van der Waals surface area contributed by atoms with E-state index in [9.17, 15) is 0 Å². The second-order valence-electron chi connectivity index (χ2n) is 28.3. The monoisotopic (exact) mass is 1500 g/mol.